The first kappa shape index (κ1) is 12.4. The lowest BCUT2D eigenvalue weighted by atomic mass is 10.1. The van der Waals surface area contributed by atoms with Gasteiger partial charge in [-0.1, -0.05) is 25.6 Å². The summed E-state index contributed by atoms with van der Waals surface area (Å²) in [5.74, 6) is 0. The lowest BCUT2D eigenvalue weighted by Gasteiger charge is -2.15. The van der Waals surface area contributed by atoms with Crippen LogP contribution in [0.5, 0.6) is 0 Å². The quantitative estimate of drug-likeness (QED) is 0.839. The molecular formula is C15H17NO2. The Kier molecular flexibility index (Phi) is 3.51. The molecule has 1 unspecified atom stereocenters. The van der Waals surface area contributed by atoms with Gasteiger partial charge in [0, 0.05) is 28.8 Å². The van der Waals surface area contributed by atoms with Gasteiger partial charge in [-0.3, -0.25) is 0 Å². The minimum atomic E-state index is -0.333. The first-order valence-corrected chi connectivity index (χ1v) is 6.10. The van der Waals surface area contributed by atoms with Crippen LogP contribution in [0.2, 0.25) is 0 Å². The Hall–Kier alpha value is -2.03. The van der Waals surface area contributed by atoms with E-state index in [4.69, 9.17) is 4.42 Å². The van der Waals surface area contributed by atoms with Crippen LogP contribution in [-0.4, -0.2) is 6.04 Å². The smallest absolute Gasteiger partial charge is 0.336 e. The van der Waals surface area contributed by atoms with Crippen molar-refractivity contribution in [2.45, 2.75) is 26.3 Å². The molecule has 1 aromatic carbocycles. The van der Waals surface area contributed by atoms with Crippen LogP contribution in [-0.2, 0) is 0 Å². The highest BCUT2D eigenvalue weighted by molar-refractivity contribution is 5.80. The Morgan fingerprint density at radius 2 is 2.11 bits per heavy atom. The maximum Gasteiger partial charge on any atom is 0.336 e. The van der Waals surface area contributed by atoms with Crippen molar-refractivity contribution in [2.75, 3.05) is 0 Å². The normalized spacial score (nSPS) is 12.3. The first-order chi connectivity index (χ1) is 8.60. The molecular weight excluding hydrogens is 226 g/mol. The van der Waals surface area contributed by atoms with Crippen molar-refractivity contribution in [3.8, 4) is 0 Å². The van der Waals surface area contributed by atoms with E-state index >= 15 is 0 Å². The number of rotatable bonds is 4. The predicted molar refractivity (Wildman–Crippen MR) is 74.4 cm³/mol. The van der Waals surface area contributed by atoms with Crippen LogP contribution in [0.15, 0.2) is 46.1 Å². The lowest BCUT2D eigenvalue weighted by molar-refractivity contribution is 0.561. The highest BCUT2D eigenvalue weighted by Gasteiger charge is 2.05. The fourth-order valence-corrected chi connectivity index (χ4v) is 1.73. The molecule has 1 heterocycles. The number of hydrogen-bond donors (Lipinski definition) is 1. The highest BCUT2D eigenvalue weighted by atomic mass is 16.4. The summed E-state index contributed by atoms with van der Waals surface area (Å²) in [5.41, 5.74) is 2.04. The van der Waals surface area contributed by atoms with Gasteiger partial charge < -0.3 is 9.73 Å². The van der Waals surface area contributed by atoms with E-state index in [0.717, 1.165) is 23.1 Å². The van der Waals surface area contributed by atoms with Crippen molar-refractivity contribution in [3.05, 3.63) is 52.9 Å². The van der Waals surface area contributed by atoms with Crippen LogP contribution in [0.3, 0.4) is 0 Å². The summed E-state index contributed by atoms with van der Waals surface area (Å²) in [6, 6.07) is 9.30. The molecule has 0 aliphatic rings. The molecule has 0 aliphatic carbocycles. The zero-order chi connectivity index (χ0) is 13.1. The number of nitrogens with one attached hydrogen (secondary N) is 1. The van der Waals surface area contributed by atoms with Crippen LogP contribution in [0.25, 0.3) is 16.7 Å². The second-order valence-corrected chi connectivity index (χ2v) is 4.44. The van der Waals surface area contributed by atoms with Crippen LogP contribution >= 0.6 is 0 Å². The van der Waals surface area contributed by atoms with Gasteiger partial charge in [0.25, 0.3) is 0 Å². The maximum absolute atomic E-state index is 11.2. The molecule has 1 atom stereocenters. The molecule has 0 fully saturated rings. The molecule has 2 aromatic rings. The van der Waals surface area contributed by atoms with Gasteiger partial charge in [-0.05, 0) is 25.5 Å². The Morgan fingerprint density at radius 3 is 2.83 bits per heavy atom. The molecule has 2 rings (SSSR count). The van der Waals surface area contributed by atoms with Crippen LogP contribution in [0, 0.1) is 0 Å². The van der Waals surface area contributed by atoms with E-state index in [1.807, 2.05) is 18.2 Å². The van der Waals surface area contributed by atoms with Crippen molar-refractivity contribution in [1.29, 1.82) is 0 Å². The van der Waals surface area contributed by atoms with Gasteiger partial charge in [0.15, 0.2) is 0 Å². The summed E-state index contributed by atoms with van der Waals surface area (Å²) in [6.45, 7) is 8.23. The number of fused-ring (bicyclic) bond motifs is 1. The van der Waals surface area contributed by atoms with Gasteiger partial charge in [-0.25, -0.2) is 4.79 Å². The van der Waals surface area contributed by atoms with Gasteiger partial charge in [0.05, 0.1) is 0 Å². The molecule has 0 saturated carbocycles. The molecule has 1 aromatic heterocycles. The number of hydrogen-bond acceptors (Lipinski definition) is 3. The fraction of sp³-hybridized carbons (Fsp3) is 0.267. The molecule has 0 radical (unpaired) electrons. The Balaban J connectivity index is 2.34. The van der Waals surface area contributed by atoms with Crippen molar-refractivity contribution < 1.29 is 4.42 Å². The van der Waals surface area contributed by atoms with E-state index in [1.165, 1.54) is 6.07 Å². The standard InChI is InChI=1S/C15H17NO2/c1-4-10(2)16-11(3)13-6-5-12-7-8-15(17)18-14(12)9-13/h5-10,16H,3-4H2,1-2H3. The summed E-state index contributed by atoms with van der Waals surface area (Å²) in [7, 11) is 0. The summed E-state index contributed by atoms with van der Waals surface area (Å²) < 4.78 is 5.16. The minimum Gasteiger partial charge on any atom is -0.423 e. The minimum absolute atomic E-state index is 0.333. The van der Waals surface area contributed by atoms with Gasteiger partial charge >= 0.3 is 5.63 Å². The molecule has 0 aliphatic heterocycles. The molecule has 3 heteroatoms. The van der Waals surface area contributed by atoms with Crippen LogP contribution in [0.1, 0.15) is 25.8 Å². The second-order valence-electron chi connectivity index (χ2n) is 4.44. The Morgan fingerprint density at radius 1 is 1.39 bits per heavy atom. The van der Waals surface area contributed by atoms with E-state index in [-0.39, 0.29) is 5.63 Å². The SMILES string of the molecule is C=C(NC(C)CC)c1ccc2ccc(=O)oc2c1. The largest absolute Gasteiger partial charge is 0.423 e. The lowest BCUT2D eigenvalue weighted by Crippen LogP contribution is -2.22. The second kappa shape index (κ2) is 5.08. The van der Waals surface area contributed by atoms with Crippen molar-refractivity contribution >= 4 is 16.7 Å². The summed E-state index contributed by atoms with van der Waals surface area (Å²) in [5, 5.41) is 4.22. The summed E-state index contributed by atoms with van der Waals surface area (Å²) in [6.07, 6.45) is 1.03. The third-order valence-electron chi connectivity index (χ3n) is 3.00. The monoisotopic (exact) mass is 243 g/mol. The van der Waals surface area contributed by atoms with Crippen molar-refractivity contribution in [2.24, 2.45) is 0 Å². The summed E-state index contributed by atoms with van der Waals surface area (Å²) >= 11 is 0. The molecule has 94 valence electrons. The van der Waals surface area contributed by atoms with E-state index in [1.54, 1.807) is 6.07 Å². The maximum atomic E-state index is 11.2. The van der Waals surface area contributed by atoms with E-state index in [9.17, 15) is 4.79 Å². The highest BCUT2D eigenvalue weighted by Crippen LogP contribution is 2.18. The molecule has 0 saturated heterocycles. The average Bonchev–Trinajstić information content (AvgIpc) is 2.37. The predicted octanol–water partition coefficient (Wildman–Crippen LogP) is 3.15. The Labute approximate surface area is 106 Å². The first-order valence-electron chi connectivity index (χ1n) is 6.10. The molecule has 0 amide bonds. The van der Waals surface area contributed by atoms with Gasteiger partial charge in [0.1, 0.15) is 5.58 Å². The van der Waals surface area contributed by atoms with Crippen LogP contribution < -0.4 is 10.9 Å². The number of benzene rings is 1. The average molecular weight is 243 g/mol. The third kappa shape index (κ3) is 2.62. The third-order valence-corrected chi connectivity index (χ3v) is 3.00. The van der Waals surface area contributed by atoms with Gasteiger partial charge in [-0.15, -0.1) is 0 Å². The van der Waals surface area contributed by atoms with E-state index < -0.39 is 0 Å². The molecule has 18 heavy (non-hydrogen) atoms. The van der Waals surface area contributed by atoms with Crippen molar-refractivity contribution in [1.82, 2.24) is 5.32 Å². The zero-order valence-corrected chi connectivity index (χ0v) is 10.7. The molecule has 3 nitrogen and oxygen atoms in total. The molecule has 1 N–H and O–H groups in total. The zero-order valence-electron chi connectivity index (χ0n) is 10.7. The molecule has 0 spiro atoms. The van der Waals surface area contributed by atoms with Gasteiger partial charge in [0.2, 0.25) is 0 Å². The van der Waals surface area contributed by atoms with Crippen molar-refractivity contribution in [3.63, 3.8) is 0 Å². The fourth-order valence-electron chi connectivity index (χ4n) is 1.73. The topological polar surface area (TPSA) is 42.2 Å². The van der Waals surface area contributed by atoms with E-state index in [2.05, 4.69) is 25.7 Å². The van der Waals surface area contributed by atoms with Gasteiger partial charge in [-0.2, -0.15) is 0 Å². The Bertz CT molecular complexity index is 628. The summed E-state index contributed by atoms with van der Waals surface area (Å²) in [4.78, 5) is 11.2. The van der Waals surface area contributed by atoms with E-state index in [0.29, 0.717) is 11.6 Å². The molecule has 0 bridgehead atoms. The van der Waals surface area contributed by atoms with Crippen LogP contribution in [0.4, 0.5) is 0 Å².